The van der Waals surface area contributed by atoms with Gasteiger partial charge in [-0.05, 0) is 25.1 Å². The van der Waals surface area contributed by atoms with Crippen LogP contribution in [0.3, 0.4) is 0 Å². The minimum atomic E-state index is -4.48. The molecule has 2 aromatic rings. The molecule has 106 valence electrons. The first-order valence-corrected chi connectivity index (χ1v) is 5.62. The van der Waals surface area contributed by atoms with Crippen LogP contribution in [0.4, 0.5) is 19.0 Å². The second-order valence-electron chi connectivity index (χ2n) is 4.18. The van der Waals surface area contributed by atoms with Crippen LogP contribution in [0.5, 0.6) is 0 Å². The van der Waals surface area contributed by atoms with Crippen molar-refractivity contribution < 1.29 is 18.0 Å². The van der Waals surface area contributed by atoms with Crippen molar-refractivity contribution in [3.05, 3.63) is 41.3 Å². The van der Waals surface area contributed by atoms with Crippen LogP contribution < -0.4 is 5.32 Å². The summed E-state index contributed by atoms with van der Waals surface area (Å²) in [4.78, 5) is 15.6. The molecule has 2 rings (SSSR count). The van der Waals surface area contributed by atoms with E-state index >= 15 is 0 Å². The van der Waals surface area contributed by atoms with Gasteiger partial charge in [-0.25, -0.2) is 4.98 Å². The maximum Gasteiger partial charge on any atom is 0.416 e. The lowest BCUT2D eigenvalue weighted by atomic mass is 10.2. The Hall–Kier alpha value is -2.38. The Balaban J connectivity index is 2.22. The molecule has 0 radical (unpaired) electrons. The van der Waals surface area contributed by atoms with E-state index in [9.17, 15) is 18.0 Å². The molecule has 0 atom stereocenters. The molecule has 2 heterocycles. The molecule has 0 fully saturated rings. The molecule has 20 heavy (non-hydrogen) atoms. The van der Waals surface area contributed by atoms with E-state index in [0.717, 1.165) is 18.3 Å². The number of nitrogens with zero attached hydrogens (tertiary/aromatic N) is 3. The fourth-order valence-electron chi connectivity index (χ4n) is 1.68. The lowest BCUT2D eigenvalue weighted by Crippen LogP contribution is -2.17. The van der Waals surface area contributed by atoms with E-state index in [1.165, 1.54) is 10.7 Å². The Kier molecular flexibility index (Phi) is 3.47. The smallest absolute Gasteiger partial charge is 0.305 e. The molecule has 0 unspecified atom stereocenters. The Morgan fingerprint density at radius 1 is 1.35 bits per heavy atom. The summed E-state index contributed by atoms with van der Waals surface area (Å²) in [5.41, 5.74) is 0.000324. The van der Waals surface area contributed by atoms with Crippen LogP contribution in [0.25, 0.3) is 0 Å². The van der Waals surface area contributed by atoms with Crippen molar-refractivity contribution in [1.82, 2.24) is 14.8 Å². The van der Waals surface area contributed by atoms with E-state index in [1.54, 1.807) is 14.0 Å². The largest absolute Gasteiger partial charge is 0.416 e. The van der Waals surface area contributed by atoms with Crippen LogP contribution in [0.1, 0.15) is 21.7 Å². The number of aromatic nitrogens is 3. The fourth-order valence-corrected chi connectivity index (χ4v) is 1.68. The van der Waals surface area contributed by atoms with Crippen LogP contribution >= 0.6 is 0 Å². The van der Waals surface area contributed by atoms with E-state index in [0.29, 0.717) is 5.69 Å². The minimum absolute atomic E-state index is 0.163. The molecule has 0 saturated carbocycles. The predicted octanol–water partition coefficient (Wildman–Crippen LogP) is 2.39. The van der Waals surface area contributed by atoms with Crippen molar-refractivity contribution in [3.8, 4) is 0 Å². The first-order chi connectivity index (χ1) is 9.27. The number of hydrogen-bond donors (Lipinski definition) is 1. The van der Waals surface area contributed by atoms with Crippen molar-refractivity contribution in [1.29, 1.82) is 0 Å². The SMILES string of the molecule is Cc1cc(C(=O)Nc2cc(C(F)(F)F)ccn2)n(C)n1. The van der Waals surface area contributed by atoms with Crippen LogP contribution in [-0.4, -0.2) is 20.7 Å². The number of aryl methyl sites for hydroxylation is 2. The molecule has 0 bridgehead atoms. The summed E-state index contributed by atoms with van der Waals surface area (Å²) in [5, 5.41) is 6.30. The van der Waals surface area contributed by atoms with Crippen LogP contribution in [0.15, 0.2) is 24.4 Å². The van der Waals surface area contributed by atoms with Crippen LogP contribution in [0.2, 0.25) is 0 Å². The topological polar surface area (TPSA) is 59.8 Å². The quantitative estimate of drug-likeness (QED) is 0.921. The monoisotopic (exact) mass is 284 g/mol. The average Bonchev–Trinajstić information content (AvgIpc) is 2.68. The van der Waals surface area contributed by atoms with Gasteiger partial charge in [-0.2, -0.15) is 18.3 Å². The van der Waals surface area contributed by atoms with Crippen LogP contribution in [-0.2, 0) is 13.2 Å². The summed E-state index contributed by atoms with van der Waals surface area (Å²) >= 11 is 0. The van der Waals surface area contributed by atoms with E-state index in [1.807, 2.05) is 0 Å². The number of rotatable bonds is 2. The first-order valence-electron chi connectivity index (χ1n) is 5.62. The molecular formula is C12H11F3N4O. The van der Waals surface area contributed by atoms with Crippen LogP contribution in [0, 0.1) is 6.92 Å². The molecule has 0 aliphatic heterocycles. The first kappa shape index (κ1) is 14.0. The number of carbonyl (C=O) groups excluding carboxylic acids is 1. The third-order valence-corrected chi connectivity index (χ3v) is 2.56. The molecule has 5 nitrogen and oxygen atoms in total. The van der Waals surface area contributed by atoms with Gasteiger partial charge < -0.3 is 5.32 Å². The second-order valence-corrected chi connectivity index (χ2v) is 4.18. The van der Waals surface area contributed by atoms with Gasteiger partial charge in [0.2, 0.25) is 0 Å². The summed E-state index contributed by atoms with van der Waals surface area (Å²) in [6.45, 7) is 1.71. The number of alkyl halides is 3. The number of hydrogen-bond acceptors (Lipinski definition) is 3. The number of carbonyl (C=O) groups is 1. The third kappa shape index (κ3) is 2.95. The molecule has 0 aliphatic carbocycles. The lowest BCUT2D eigenvalue weighted by Gasteiger charge is -2.09. The highest BCUT2D eigenvalue weighted by Crippen LogP contribution is 2.29. The summed E-state index contributed by atoms with van der Waals surface area (Å²) < 4.78 is 39.0. The summed E-state index contributed by atoms with van der Waals surface area (Å²) in [5.74, 6) is -0.733. The normalized spacial score (nSPS) is 11.4. The van der Waals surface area contributed by atoms with Crippen molar-refractivity contribution in [2.75, 3.05) is 5.32 Å². The number of anilines is 1. The van der Waals surface area contributed by atoms with Gasteiger partial charge in [-0.15, -0.1) is 0 Å². The third-order valence-electron chi connectivity index (χ3n) is 2.56. The summed E-state index contributed by atoms with van der Waals surface area (Å²) in [6, 6.07) is 3.15. The van der Waals surface area contributed by atoms with E-state index in [2.05, 4.69) is 15.4 Å². The molecule has 0 aromatic carbocycles. The lowest BCUT2D eigenvalue weighted by molar-refractivity contribution is -0.137. The highest BCUT2D eigenvalue weighted by atomic mass is 19.4. The van der Waals surface area contributed by atoms with Crippen molar-refractivity contribution >= 4 is 11.7 Å². The highest BCUT2D eigenvalue weighted by Gasteiger charge is 2.30. The molecule has 8 heteroatoms. The number of halogens is 3. The molecule has 0 spiro atoms. The van der Waals surface area contributed by atoms with Gasteiger partial charge in [0.25, 0.3) is 5.91 Å². The zero-order valence-corrected chi connectivity index (χ0v) is 10.7. The summed E-state index contributed by atoms with van der Waals surface area (Å²) in [6.07, 6.45) is -3.49. The molecular weight excluding hydrogens is 273 g/mol. The second kappa shape index (κ2) is 4.95. The Bertz CT molecular complexity index is 648. The van der Waals surface area contributed by atoms with Crippen molar-refractivity contribution in [2.45, 2.75) is 13.1 Å². The Morgan fingerprint density at radius 2 is 2.05 bits per heavy atom. The number of amides is 1. The fraction of sp³-hybridized carbons (Fsp3) is 0.250. The summed E-state index contributed by atoms with van der Waals surface area (Å²) in [7, 11) is 1.57. The van der Waals surface area contributed by atoms with Crippen molar-refractivity contribution in [3.63, 3.8) is 0 Å². The van der Waals surface area contributed by atoms with Crippen molar-refractivity contribution in [2.24, 2.45) is 7.05 Å². The Morgan fingerprint density at radius 3 is 2.60 bits per heavy atom. The Labute approximate surface area is 112 Å². The molecule has 1 N–H and O–H groups in total. The predicted molar refractivity (Wildman–Crippen MR) is 65.1 cm³/mol. The zero-order chi connectivity index (χ0) is 14.9. The highest BCUT2D eigenvalue weighted by molar-refractivity contribution is 6.02. The molecule has 1 amide bonds. The minimum Gasteiger partial charge on any atom is -0.305 e. The van der Waals surface area contributed by atoms with E-state index in [4.69, 9.17) is 0 Å². The van der Waals surface area contributed by atoms with Gasteiger partial charge in [0.05, 0.1) is 11.3 Å². The van der Waals surface area contributed by atoms with Gasteiger partial charge >= 0.3 is 6.18 Å². The van der Waals surface area contributed by atoms with Gasteiger partial charge in [-0.3, -0.25) is 9.48 Å². The zero-order valence-electron chi connectivity index (χ0n) is 10.7. The molecule has 0 aliphatic rings. The maximum atomic E-state index is 12.5. The number of pyridine rings is 1. The van der Waals surface area contributed by atoms with Gasteiger partial charge in [0.1, 0.15) is 11.5 Å². The van der Waals surface area contributed by atoms with Gasteiger partial charge in [-0.1, -0.05) is 0 Å². The van der Waals surface area contributed by atoms with Gasteiger partial charge in [0.15, 0.2) is 0 Å². The van der Waals surface area contributed by atoms with E-state index < -0.39 is 17.6 Å². The van der Waals surface area contributed by atoms with E-state index in [-0.39, 0.29) is 11.5 Å². The average molecular weight is 284 g/mol. The maximum absolute atomic E-state index is 12.5. The molecule has 0 saturated heterocycles. The molecule has 2 aromatic heterocycles. The van der Waals surface area contributed by atoms with Gasteiger partial charge in [0, 0.05) is 13.2 Å². The number of nitrogens with one attached hydrogen (secondary N) is 1. The standard InChI is InChI=1S/C12H11F3N4O/c1-7-5-9(19(2)18-7)11(20)17-10-6-8(3-4-16-10)12(13,14)15/h3-6H,1-2H3,(H,16,17,20).